The predicted molar refractivity (Wildman–Crippen MR) is 61.0 cm³/mol. The van der Waals surface area contributed by atoms with Crippen LogP contribution in [-0.2, 0) is 14.3 Å². The van der Waals surface area contributed by atoms with Gasteiger partial charge in [-0.25, -0.2) is 0 Å². The topological polar surface area (TPSA) is 157 Å². The summed E-state index contributed by atoms with van der Waals surface area (Å²) < 4.78 is 9.94. The van der Waals surface area contributed by atoms with E-state index in [1.807, 2.05) is 0 Å². The van der Waals surface area contributed by atoms with Crippen molar-refractivity contribution in [1.82, 2.24) is 0 Å². The Hall–Kier alpha value is -0.650. The fourth-order valence-electron chi connectivity index (χ4n) is 1.78. The molecule has 9 heteroatoms. The van der Waals surface area contributed by atoms with Crippen molar-refractivity contribution in [2.24, 2.45) is 0 Å². The molecular weight excluding hydrogens is 276 g/mol. The molecular formula is C11H18O9. The van der Waals surface area contributed by atoms with Crippen molar-refractivity contribution in [3.05, 3.63) is 6.92 Å². The molecule has 1 rings (SSSR count). The van der Waals surface area contributed by atoms with Gasteiger partial charge in [-0.05, 0) is 6.92 Å². The van der Waals surface area contributed by atoms with Crippen LogP contribution in [0.5, 0.6) is 0 Å². The molecule has 0 aromatic carbocycles. The van der Waals surface area contributed by atoms with Gasteiger partial charge in [0, 0.05) is 0 Å². The third-order valence-electron chi connectivity index (χ3n) is 2.95. The van der Waals surface area contributed by atoms with E-state index in [1.165, 1.54) is 0 Å². The summed E-state index contributed by atoms with van der Waals surface area (Å²) in [6, 6.07) is 0. The number of ether oxygens (including phenoxy) is 2. The molecule has 0 aromatic rings. The van der Waals surface area contributed by atoms with Crippen LogP contribution in [0.15, 0.2) is 0 Å². The highest BCUT2D eigenvalue weighted by Gasteiger charge is 2.45. The Morgan fingerprint density at radius 3 is 2.25 bits per heavy atom. The minimum Gasteiger partial charge on any atom is -0.394 e. The molecule has 6 N–H and O–H groups in total. The van der Waals surface area contributed by atoms with E-state index in [4.69, 9.17) is 21.5 Å². The quantitative estimate of drug-likeness (QED) is 0.267. The van der Waals surface area contributed by atoms with Crippen molar-refractivity contribution in [2.45, 2.75) is 49.0 Å². The number of hydrogen-bond donors (Lipinski definition) is 6. The van der Waals surface area contributed by atoms with Crippen LogP contribution in [0.3, 0.4) is 0 Å². The number of carbonyl (C=O) groups is 1. The van der Waals surface area contributed by atoms with Gasteiger partial charge in [0.2, 0.25) is 0 Å². The maximum atomic E-state index is 10.5. The summed E-state index contributed by atoms with van der Waals surface area (Å²) in [7, 11) is 0. The zero-order valence-electron chi connectivity index (χ0n) is 10.4. The highest BCUT2D eigenvalue weighted by atomic mass is 16.7. The molecule has 9 nitrogen and oxygen atoms in total. The molecule has 1 aliphatic rings. The molecule has 0 bridgehead atoms. The van der Waals surface area contributed by atoms with E-state index in [2.05, 4.69) is 0 Å². The Morgan fingerprint density at radius 2 is 1.80 bits per heavy atom. The number of aliphatic hydroxyl groups excluding tert-OH is 6. The van der Waals surface area contributed by atoms with E-state index in [0.717, 1.165) is 0 Å². The molecule has 1 fully saturated rings. The maximum absolute atomic E-state index is 10.5. The Balaban J connectivity index is 2.80. The largest absolute Gasteiger partial charge is 0.394 e. The van der Waals surface area contributed by atoms with Crippen molar-refractivity contribution >= 4 is 6.29 Å². The van der Waals surface area contributed by atoms with Gasteiger partial charge in [0.05, 0.1) is 12.7 Å². The van der Waals surface area contributed by atoms with Gasteiger partial charge in [-0.15, -0.1) is 0 Å². The van der Waals surface area contributed by atoms with Gasteiger partial charge in [-0.2, -0.15) is 0 Å². The average Bonchev–Trinajstić information content (AvgIpc) is 2.43. The number of hydrogen-bond acceptors (Lipinski definition) is 9. The zero-order chi connectivity index (χ0) is 15.4. The second-order valence-electron chi connectivity index (χ2n) is 4.42. The Kier molecular flexibility index (Phi) is 6.43. The van der Waals surface area contributed by atoms with Gasteiger partial charge < -0.3 is 44.9 Å². The second-order valence-corrected chi connectivity index (χ2v) is 4.42. The summed E-state index contributed by atoms with van der Waals surface area (Å²) in [5, 5.41) is 56.2. The maximum Gasteiger partial charge on any atom is 0.187 e. The van der Waals surface area contributed by atoms with Crippen LogP contribution in [0.4, 0.5) is 0 Å². The van der Waals surface area contributed by atoms with Crippen molar-refractivity contribution < 1.29 is 44.9 Å². The Morgan fingerprint density at radius 1 is 1.20 bits per heavy atom. The molecule has 116 valence electrons. The molecule has 2 radical (unpaired) electrons. The fourth-order valence-corrected chi connectivity index (χ4v) is 1.78. The Labute approximate surface area is 115 Å². The van der Waals surface area contributed by atoms with Crippen LogP contribution in [0.1, 0.15) is 0 Å². The SMILES string of the molecule is [CH][C@@H](O)[C@H](O[C@H]1O[C@H](CO)[C@@H](O)[C@@H](O)[C@H]1O)[C@H](O)C=O. The second kappa shape index (κ2) is 7.38. The molecule has 1 saturated heterocycles. The minimum absolute atomic E-state index is 0.0603. The van der Waals surface area contributed by atoms with Gasteiger partial charge in [0.25, 0.3) is 0 Å². The van der Waals surface area contributed by atoms with Crippen molar-refractivity contribution in [3.8, 4) is 0 Å². The molecule has 1 aliphatic heterocycles. The third-order valence-corrected chi connectivity index (χ3v) is 2.95. The summed E-state index contributed by atoms with van der Waals surface area (Å²) in [6.45, 7) is 4.45. The molecule has 0 amide bonds. The predicted octanol–water partition coefficient (Wildman–Crippen LogP) is -4.20. The van der Waals surface area contributed by atoms with Crippen molar-refractivity contribution in [3.63, 3.8) is 0 Å². The van der Waals surface area contributed by atoms with E-state index in [0.29, 0.717) is 0 Å². The van der Waals surface area contributed by atoms with Crippen LogP contribution >= 0.6 is 0 Å². The van der Waals surface area contributed by atoms with Crippen molar-refractivity contribution in [1.29, 1.82) is 0 Å². The lowest BCUT2D eigenvalue weighted by Gasteiger charge is -2.41. The number of aliphatic hydroxyl groups is 6. The zero-order valence-corrected chi connectivity index (χ0v) is 10.4. The normalized spacial score (nSPS) is 39.0. The molecule has 8 atom stereocenters. The summed E-state index contributed by atoms with van der Waals surface area (Å²) >= 11 is 0. The van der Waals surface area contributed by atoms with E-state index >= 15 is 0 Å². The summed E-state index contributed by atoms with van der Waals surface area (Å²) in [6.07, 6.45) is -12.9. The van der Waals surface area contributed by atoms with E-state index in [9.17, 15) is 30.3 Å². The molecule has 0 aromatic heterocycles. The lowest BCUT2D eigenvalue weighted by molar-refractivity contribution is -0.320. The highest BCUT2D eigenvalue weighted by molar-refractivity contribution is 5.56. The van der Waals surface area contributed by atoms with Crippen LogP contribution in [0.25, 0.3) is 0 Å². The molecule has 20 heavy (non-hydrogen) atoms. The van der Waals surface area contributed by atoms with Gasteiger partial charge in [-0.1, -0.05) is 0 Å². The smallest absolute Gasteiger partial charge is 0.187 e. The summed E-state index contributed by atoms with van der Waals surface area (Å²) in [5.41, 5.74) is 0. The number of aldehydes is 1. The van der Waals surface area contributed by atoms with E-state index < -0.39 is 55.6 Å². The molecule has 0 unspecified atom stereocenters. The molecule has 1 heterocycles. The first-order valence-corrected chi connectivity index (χ1v) is 5.86. The number of carbonyl (C=O) groups excluding carboxylic acids is 1. The third kappa shape index (κ3) is 3.71. The molecule has 0 saturated carbocycles. The van der Waals surface area contributed by atoms with Crippen LogP contribution in [0.2, 0.25) is 0 Å². The van der Waals surface area contributed by atoms with Gasteiger partial charge >= 0.3 is 0 Å². The van der Waals surface area contributed by atoms with Gasteiger partial charge in [0.1, 0.15) is 36.6 Å². The monoisotopic (exact) mass is 294 g/mol. The fraction of sp³-hybridized carbons (Fsp3) is 0.818. The molecule has 0 spiro atoms. The van der Waals surface area contributed by atoms with E-state index in [-0.39, 0.29) is 6.29 Å². The van der Waals surface area contributed by atoms with Crippen LogP contribution in [0, 0.1) is 6.92 Å². The lowest BCUT2D eigenvalue weighted by Crippen LogP contribution is -2.60. The average molecular weight is 294 g/mol. The first-order chi connectivity index (χ1) is 9.33. The van der Waals surface area contributed by atoms with Crippen molar-refractivity contribution in [2.75, 3.05) is 6.61 Å². The van der Waals surface area contributed by atoms with Gasteiger partial charge in [-0.3, -0.25) is 0 Å². The minimum atomic E-state index is -1.79. The summed E-state index contributed by atoms with van der Waals surface area (Å²) in [4.78, 5) is 10.5. The van der Waals surface area contributed by atoms with E-state index in [1.54, 1.807) is 0 Å². The first kappa shape index (κ1) is 17.4. The number of rotatable bonds is 6. The molecule has 0 aliphatic carbocycles. The van der Waals surface area contributed by atoms with Crippen LogP contribution < -0.4 is 0 Å². The lowest BCUT2D eigenvalue weighted by atomic mass is 9.99. The van der Waals surface area contributed by atoms with Crippen LogP contribution in [-0.4, -0.2) is 92.5 Å². The first-order valence-electron chi connectivity index (χ1n) is 5.86. The van der Waals surface area contributed by atoms with Gasteiger partial charge in [0.15, 0.2) is 12.6 Å². The Bertz CT molecular complexity index is 308. The highest BCUT2D eigenvalue weighted by Crippen LogP contribution is 2.24. The standard InChI is InChI=1S/C11H18O9/c1-4(14)10(5(15)2-12)20-11-9(18)8(17)7(16)6(3-13)19-11/h1-2,4-11,13-18H,3H2/t4-,5-,6-,7-,8-,9-,10+,11-/m1/s1. The summed E-state index contributed by atoms with van der Waals surface area (Å²) in [5.74, 6) is 0.